The minimum absolute atomic E-state index is 0. The van der Waals surface area contributed by atoms with E-state index in [4.69, 9.17) is 4.74 Å². The van der Waals surface area contributed by atoms with Crippen LogP contribution >= 0.6 is 12.4 Å². The largest absolute Gasteiger partial charge is 0.481 e. The van der Waals surface area contributed by atoms with Crippen molar-refractivity contribution in [1.29, 1.82) is 0 Å². The van der Waals surface area contributed by atoms with Crippen molar-refractivity contribution < 1.29 is 14.6 Å². The van der Waals surface area contributed by atoms with E-state index < -0.39 is 5.97 Å². The van der Waals surface area contributed by atoms with Gasteiger partial charge in [-0.15, -0.1) is 12.4 Å². The van der Waals surface area contributed by atoms with E-state index in [0.29, 0.717) is 19.8 Å². The summed E-state index contributed by atoms with van der Waals surface area (Å²) in [5, 5.41) is 9.20. The number of hydrogen-bond acceptors (Lipinski definition) is 3. The number of carbonyl (C=O) groups is 1. The Morgan fingerprint density at radius 1 is 1.17 bits per heavy atom. The highest BCUT2D eigenvalue weighted by atomic mass is 35.5. The van der Waals surface area contributed by atoms with Crippen LogP contribution in [0.3, 0.4) is 0 Å². The number of benzene rings is 2. The molecule has 1 saturated heterocycles. The van der Waals surface area contributed by atoms with E-state index in [2.05, 4.69) is 66.4 Å². The summed E-state index contributed by atoms with van der Waals surface area (Å²) in [5.41, 5.74) is 4.83. The highest BCUT2D eigenvalue weighted by Crippen LogP contribution is 2.26. The van der Waals surface area contributed by atoms with Crippen LogP contribution in [0.25, 0.3) is 5.57 Å². The molecule has 1 unspecified atom stereocenters. The zero-order valence-corrected chi connectivity index (χ0v) is 17.7. The SMILES string of the molecule is Cc1ccccc1/C(=C\COCCN1CCCC(C(=O)O)C1)c1ccccc1.Cl. The highest BCUT2D eigenvalue weighted by molar-refractivity contribution is 5.85. The fourth-order valence-electron chi connectivity index (χ4n) is 3.76. The Hall–Kier alpha value is -2.14. The lowest BCUT2D eigenvalue weighted by Gasteiger charge is -2.30. The minimum atomic E-state index is -0.681. The van der Waals surface area contributed by atoms with E-state index >= 15 is 0 Å². The molecular weight excluding hydrogens is 386 g/mol. The number of ether oxygens (including phenoxy) is 1. The third-order valence-corrected chi connectivity index (χ3v) is 5.33. The third kappa shape index (κ3) is 6.70. The number of carboxylic acids is 1. The summed E-state index contributed by atoms with van der Waals surface area (Å²) in [6.45, 7) is 5.65. The fourth-order valence-corrected chi connectivity index (χ4v) is 3.76. The van der Waals surface area contributed by atoms with Crippen LogP contribution in [0, 0.1) is 12.8 Å². The van der Waals surface area contributed by atoms with E-state index in [1.165, 1.54) is 22.3 Å². The van der Waals surface area contributed by atoms with Crippen molar-refractivity contribution >= 4 is 23.9 Å². The van der Waals surface area contributed by atoms with Gasteiger partial charge in [-0.05, 0) is 48.6 Å². The molecule has 0 spiro atoms. The van der Waals surface area contributed by atoms with Crippen molar-refractivity contribution in [2.45, 2.75) is 19.8 Å². The van der Waals surface area contributed by atoms with Gasteiger partial charge in [0.15, 0.2) is 0 Å². The van der Waals surface area contributed by atoms with Crippen LogP contribution < -0.4 is 0 Å². The number of aliphatic carboxylic acids is 1. The maximum Gasteiger partial charge on any atom is 0.307 e. The Balaban J connectivity index is 0.00000300. The van der Waals surface area contributed by atoms with E-state index in [1.807, 2.05) is 6.07 Å². The molecule has 5 heteroatoms. The van der Waals surface area contributed by atoms with Gasteiger partial charge in [-0.25, -0.2) is 0 Å². The van der Waals surface area contributed by atoms with Crippen molar-refractivity contribution in [1.82, 2.24) is 4.90 Å². The molecule has 0 aromatic heterocycles. The number of halogens is 1. The van der Waals surface area contributed by atoms with Crippen molar-refractivity contribution in [3.63, 3.8) is 0 Å². The van der Waals surface area contributed by atoms with Crippen LogP contribution in [0.1, 0.15) is 29.5 Å². The Bertz CT molecular complexity index is 807. The Kier molecular flexibility index (Phi) is 9.39. The van der Waals surface area contributed by atoms with Crippen molar-refractivity contribution in [3.8, 4) is 0 Å². The molecule has 156 valence electrons. The standard InChI is InChI=1S/C24H29NO3.ClH/c1-19-8-5-6-12-22(19)23(20-9-3-2-4-10-20)13-16-28-17-15-25-14-7-11-21(18-25)24(26)27;/h2-6,8-10,12-13,21H,7,11,14-18H2,1H3,(H,26,27);1H/b23-13-;. The molecule has 1 aliphatic rings. The number of piperidine rings is 1. The Labute approximate surface area is 179 Å². The maximum absolute atomic E-state index is 11.2. The number of aryl methyl sites for hydroxylation is 1. The smallest absolute Gasteiger partial charge is 0.307 e. The molecule has 1 atom stereocenters. The van der Waals surface area contributed by atoms with E-state index in [1.54, 1.807) is 0 Å². The summed E-state index contributed by atoms with van der Waals surface area (Å²) >= 11 is 0. The van der Waals surface area contributed by atoms with Gasteiger partial charge in [0, 0.05) is 13.1 Å². The van der Waals surface area contributed by atoms with Crippen LogP contribution in [0.2, 0.25) is 0 Å². The lowest BCUT2D eigenvalue weighted by Crippen LogP contribution is -2.40. The molecule has 3 rings (SSSR count). The zero-order chi connectivity index (χ0) is 19.8. The molecule has 1 fully saturated rings. The summed E-state index contributed by atoms with van der Waals surface area (Å²) in [5.74, 6) is -0.918. The summed E-state index contributed by atoms with van der Waals surface area (Å²) in [7, 11) is 0. The Morgan fingerprint density at radius 3 is 2.62 bits per heavy atom. The molecule has 4 nitrogen and oxygen atoms in total. The average molecular weight is 416 g/mol. The first-order valence-corrected chi connectivity index (χ1v) is 9.99. The lowest BCUT2D eigenvalue weighted by atomic mass is 9.94. The summed E-state index contributed by atoms with van der Waals surface area (Å²) < 4.78 is 5.88. The van der Waals surface area contributed by atoms with Gasteiger partial charge in [0.05, 0.1) is 19.1 Å². The van der Waals surface area contributed by atoms with Crippen molar-refractivity contribution in [3.05, 3.63) is 77.4 Å². The molecule has 2 aromatic rings. The highest BCUT2D eigenvalue weighted by Gasteiger charge is 2.24. The normalized spacial score (nSPS) is 17.6. The first kappa shape index (κ1) is 23.1. The third-order valence-electron chi connectivity index (χ3n) is 5.33. The van der Waals surface area contributed by atoms with Gasteiger partial charge in [0.25, 0.3) is 0 Å². The second kappa shape index (κ2) is 11.8. The average Bonchev–Trinajstić information content (AvgIpc) is 2.72. The maximum atomic E-state index is 11.2. The first-order valence-electron chi connectivity index (χ1n) is 9.99. The molecule has 1 N–H and O–H groups in total. The van der Waals surface area contributed by atoms with Gasteiger partial charge in [-0.1, -0.05) is 60.7 Å². The van der Waals surface area contributed by atoms with Crippen LogP contribution in [0.15, 0.2) is 60.7 Å². The summed E-state index contributed by atoms with van der Waals surface area (Å²) in [6.07, 6.45) is 3.88. The predicted octanol–water partition coefficient (Wildman–Crippen LogP) is 4.66. The van der Waals surface area contributed by atoms with E-state index in [9.17, 15) is 9.90 Å². The van der Waals surface area contributed by atoms with Crippen LogP contribution in [-0.4, -0.2) is 48.8 Å². The van der Waals surface area contributed by atoms with Crippen LogP contribution in [0.4, 0.5) is 0 Å². The zero-order valence-electron chi connectivity index (χ0n) is 16.9. The fraction of sp³-hybridized carbons (Fsp3) is 0.375. The quantitative estimate of drug-likeness (QED) is 0.637. The van der Waals surface area contributed by atoms with Crippen molar-refractivity contribution in [2.75, 3.05) is 32.8 Å². The molecule has 0 amide bonds. The molecule has 0 radical (unpaired) electrons. The molecule has 0 bridgehead atoms. The molecule has 0 saturated carbocycles. The van der Waals surface area contributed by atoms with E-state index in [0.717, 1.165) is 25.9 Å². The molecule has 0 aliphatic carbocycles. The number of nitrogens with zero attached hydrogens (tertiary/aromatic N) is 1. The molecule has 1 heterocycles. The number of rotatable bonds is 8. The van der Waals surface area contributed by atoms with Gasteiger partial charge in [0.2, 0.25) is 0 Å². The number of likely N-dealkylation sites (tertiary alicyclic amines) is 1. The molecule has 29 heavy (non-hydrogen) atoms. The van der Waals surface area contributed by atoms with Crippen LogP contribution in [-0.2, 0) is 9.53 Å². The number of hydrogen-bond donors (Lipinski definition) is 1. The van der Waals surface area contributed by atoms with Crippen molar-refractivity contribution in [2.24, 2.45) is 5.92 Å². The minimum Gasteiger partial charge on any atom is -0.481 e. The van der Waals surface area contributed by atoms with Gasteiger partial charge >= 0.3 is 5.97 Å². The second-order valence-corrected chi connectivity index (χ2v) is 7.35. The lowest BCUT2D eigenvalue weighted by molar-refractivity contribution is -0.143. The molecule has 2 aromatic carbocycles. The van der Waals surface area contributed by atoms with Gasteiger partial charge in [-0.2, -0.15) is 0 Å². The van der Waals surface area contributed by atoms with Gasteiger partial charge in [-0.3, -0.25) is 4.79 Å². The monoisotopic (exact) mass is 415 g/mol. The second-order valence-electron chi connectivity index (χ2n) is 7.35. The molecular formula is C24H30ClNO3. The number of carboxylic acid groups (broad SMARTS) is 1. The van der Waals surface area contributed by atoms with Crippen LogP contribution in [0.5, 0.6) is 0 Å². The molecule has 1 aliphatic heterocycles. The first-order chi connectivity index (χ1) is 13.6. The predicted molar refractivity (Wildman–Crippen MR) is 120 cm³/mol. The summed E-state index contributed by atoms with van der Waals surface area (Å²) in [6, 6.07) is 18.8. The van der Waals surface area contributed by atoms with E-state index in [-0.39, 0.29) is 18.3 Å². The topological polar surface area (TPSA) is 49.8 Å². The van der Waals surface area contributed by atoms with Gasteiger partial charge in [0.1, 0.15) is 0 Å². The Morgan fingerprint density at radius 2 is 1.90 bits per heavy atom. The van der Waals surface area contributed by atoms with Gasteiger partial charge < -0.3 is 14.7 Å². The summed E-state index contributed by atoms with van der Waals surface area (Å²) in [4.78, 5) is 13.4.